The molecule has 0 radical (unpaired) electrons. The lowest BCUT2D eigenvalue weighted by Crippen LogP contribution is -2.49. The molecular weight excluding hydrogens is 468 g/mol. The number of carbonyl (C=O) groups excluding carboxylic acids is 1. The average molecular weight is 484 g/mol. The van der Waals surface area contributed by atoms with E-state index in [9.17, 15) is 39.9 Å². The fraction of sp³-hybridized carbons (Fsp3) is 0.600. The highest BCUT2D eigenvalue weighted by Gasteiger charge is 2.60. The van der Waals surface area contributed by atoms with E-state index in [4.69, 9.17) is 11.6 Å². The summed E-state index contributed by atoms with van der Waals surface area (Å²) in [6, 6.07) is 2.87. The lowest BCUT2D eigenvalue weighted by molar-refractivity contribution is -0.308. The fourth-order valence-corrected chi connectivity index (χ4v) is 3.54. The second-order valence-corrected chi connectivity index (χ2v) is 7.70. The SMILES string of the molecule is O=C(OC(C(F)(F)F)C(F)(F)F)N1CCC(CN(c2ccc(Cl)nc2)S(=O)O)CC1. The largest absolute Gasteiger partial charge is 0.434 e. The summed E-state index contributed by atoms with van der Waals surface area (Å²) in [6.45, 7) is -0.295. The van der Waals surface area contributed by atoms with Gasteiger partial charge in [-0.15, -0.1) is 0 Å². The third kappa shape index (κ3) is 6.60. The number of hydrogen-bond donors (Lipinski definition) is 1. The molecule has 0 bridgehead atoms. The summed E-state index contributed by atoms with van der Waals surface area (Å²) in [6.07, 6.45) is -15.9. The standard InChI is InChI=1S/C15H16ClF6N3O4S/c16-11-2-1-10(7-23-11)25(30(27)28)8-9-3-5-24(6-4-9)13(26)29-12(14(17,18)19)15(20,21)22/h1-2,7,9,12H,3-6,8H2,(H,27,28). The molecule has 1 aliphatic rings. The van der Waals surface area contributed by atoms with E-state index in [1.165, 1.54) is 18.3 Å². The number of ether oxygens (including phenoxy) is 1. The Hall–Kier alpha value is -1.80. The third-order valence-electron chi connectivity index (χ3n) is 4.30. The summed E-state index contributed by atoms with van der Waals surface area (Å²) in [5.74, 6) is -0.262. The van der Waals surface area contributed by atoms with Gasteiger partial charge in [0.25, 0.3) is 17.4 Å². The summed E-state index contributed by atoms with van der Waals surface area (Å²) in [4.78, 5) is 16.3. The molecule has 1 N–H and O–H groups in total. The minimum Gasteiger partial charge on any atom is -0.426 e. The second-order valence-electron chi connectivity index (χ2n) is 6.41. The molecule has 1 fully saturated rings. The van der Waals surface area contributed by atoms with Crippen molar-refractivity contribution >= 4 is 34.6 Å². The van der Waals surface area contributed by atoms with Gasteiger partial charge in [-0.2, -0.15) is 26.3 Å². The van der Waals surface area contributed by atoms with Gasteiger partial charge < -0.3 is 9.64 Å². The van der Waals surface area contributed by atoms with Crippen LogP contribution in [0.25, 0.3) is 0 Å². The molecular formula is C15H16ClF6N3O4S. The number of anilines is 1. The molecule has 30 heavy (non-hydrogen) atoms. The minimum atomic E-state index is -5.79. The van der Waals surface area contributed by atoms with E-state index >= 15 is 0 Å². The first kappa shape index (κ1) is 24.5. The quantitative estimate of drug-likeness (QED) is 0.388. The van der Waals surface area contributed by atoms with Crippen LogP contribution < -0.4 is 4.31 Å². The van der Waals surface area contributed by atoms with Gasteiger partial charge >= 0.3 is 18.4 Å². The number of alkyl halides is 6. The van der Waals surface area contributed by atoms with Crippen LogP contribution in [0, 0.1) is 5.92 Å². The van der Waals surface area contributed by atoms with E-state index in [0.29, 0.717) is 5.69 Å². The zero-order chi connectivity index (χ0) is 22.7. The van der Waals surface area contributed by atoms with Crippen LogP contribution in [0.3, 0.4) is 0 Å². The molecule has 2 heterocycles. The van der Waals surface area contributed by atoms with Gasteiger partial charge in [0.1, 0.15) is 5.15 Å². The molecule has 1 aromatic heterocycles. The molecule has 1 saturated heterocycles. The lowest BCUT2D eigenvalue weighted by Gasteiger charge is -2.34. The summed E-state index contributed by atoms with van der Waals surface area (Å²) in [7, 11) is 0. The Balaban J connectivity index is 1.95. The van der Waals surface area contributed by atoms with Gasteiger partial charge in [-0.3, -0.25) is 8.86 Å². The van der Waals surface area contributed by atoms with Crippen LogP contribution in [-0.2, 0) is 16.0 Å². The highest BCUT2D eigenvalue weighted by Crippen LogP contribution is 2.36. The Kier molecular flexibility index (Phi) is 7.80. The van der Waals surface area contributed by atoms with Crippen molar-refractivity contribution in [3.8, 4) is 0 Å². The molecule has 0 saturated carbocycles. The normalized spacial score (nSPS) is 17.2. The van der Waals surface area contributed by atoms with E-state index in [1.54, 1.807) is 0 Å². The molecule has 0 aromatic carbocycles. The van der Waals surface area contributed by atoms with E-state index in [0.717, 1.165) is 9.21 Å². The number of halogens is 7. The minimum absolute atomic E-state index is 0.0447. The van der Waals surface area contributed by atoms with Crippen molar-refractivity contribution in [3.05, 3.63) is 23.5 Å². The molecule has 170 valence electrons. The number of rotatable bonds is 5. The Morgan fingerprint density at radius 1 is 1.27 bits per heavy atom. The van der Waals surface area contributed by atoms with Crippen LogP contribution in [0.15, 0.2) is 18.3 Å². The molecule has 1 unspecified atom stereocenters. The van der Waals surface area contributed by atoms with E-state index < -0.39 is 35.8 Å². The van der Waals surface area contributed by atoms with Crippen LogP contribution in [-0.4, -0.2) is 62.8 Å². The fourth-order valence-electron chi connectivity index (χ4n) is 2.80. The maximum absolute atomic E-state index is 12.5. The number of piperidine rings is 1. The predicted octanol–water partition coefficient (Wildman–Crippen LogP) is 4.02. The summed E-state index contributed by atoms with van der Waals surface area (Å²) >= 11 is 3.25. The maximum Gasteiger partial charge on any atom is 0.434 e. The number of amides is 1. The molecule has 7 nitrogen and oxygen atoms in total. The topological polar surface area (TPSA) is 83.0 Å². The zero-order valence-corrected chi connectivity index (χ0v) is 16.6. The van der Waals surface area contributed by atoms with Crippen LogP contribution in [0.5, 0.6) is 0 Å². The van der Waals surface area contributed by atoms with E-state index in [2.05, 4.69) is 9.72 Å². The van der Waals surface area contributed by atoms with E-state index in [1.807, 2.05) is 0 Å². The van der Waals surface area contributed by atoms with Crippen LogP contribution in [0.1, 0.15) is 12.8 Å². The number of hydrogen-bond acceptors (Lipinski definition) is 4. The van der Waals surface area contributed by atoms with Gasteiger partial charge in [0, 0.05) is 19.6 Å². The van der Waals surface area contributed by atoms with Crippen molar-refractivity contribution in [2.45, 2.75) is 31.3 Å². The number of nitrogens with zero attached hydrogens (tertiary/aromatic N) is 3. The van der Waals surface area contributed by atoms with Crippen molar-refractivity contribution in [2.75, 3.05) is 23.9 Å². The molecule has 1 aliphatic heterocycles. The Morgan fingerprint density at radius 2 is 1.83 bits per heavy atom. The first-order valence-corrected chi connectivity index (χ1v) is 9.82. The summed E-state index contributed by atoms with van der Waals surface area (Å²) in [5.41, 5.74) is 0.292. The number of pyridine rings is 1. The molecule has 0 aliphatic carbocycles. The number of aromatic nitrogens is 1. The molecule has 1 aromatic rings. The third-order valence-corrected chi connectivity index (χ3v) is 5.26. The smallest absolute Gasteiger partial charge is 0.426 e. The van der Waals surface area contributed by atoms with Crippen LogP contribution in [0.4, 0.5) is 36.8 Å². The molecule has 15 heteroatoms. The van der Waals surface area contributed by atoms with Gasteiger partial charge in [-0.05, 0) is 30.9 Å². The maximum atomic E-state index is 12.5. The monoisotopic (exact) mass is 483 g/mol. The lowest BCUT2D eigenvalue weighted by atomic mass is 9.97. The van der Waals surface area contributed by atoms with Crippen LogP contribution in [0.2, 0.25) is 5.15 Å². The zero-order valence-electron chi connectivity index (χ0n) is 15.0. The Labute approximate surface area is 174 Å². The van der Waals surface area contributed by atoms with Gasteiger partial charge in [-0.1, -0.05) is 11.6 Å². The summed E-state index contributed by atoms with van der Waals surface area (Å²) in [5, 5.41) is 0.172. The average Bonchev–Trinajstić information content (AvgIpc) is 2.63. The van der Waals surface area contributed by atoms with Gasteiger partial charge in [-0.25, -0.2) is 14.0 Å². The van der Waals surface area contributed by atoms with Crippen molar-refractivity contribution in [1.82, 2.24) is 9.88 Å². The van der Waals surface area contributed by atoms with Gasteiger partial charge in [0.15, 0.2) is 0 Å². The number of carbonyl (C=O) groups is 1. The summed E-state index contributed by atoms with van der Waals surface area (Å²) < 4.78 is 101. The van der Waals surface area contributed by atoms with Crippen molar-refractivity contribution in [2.24, 2.45) is 5.92 Å². The molecule has 1 amide bonds. The molecule has 2 rings (SSSR count). The van der Waals surface area contributed by atoms with Crippen molar-refractivity contribution in [3.63, 3.8) is 0 Å². The van der Waals surface area contributed by atoms with Crippen molar-refractivity contribution < 1.29 is 44.6 Å². The first-order chi connectivity index (χ1) is 13.8. The second kappa shape index (κ2) is 9.56. The first-order valence-electron chi connectivity index (χ1n) is 8.38. The molecule has 1 atom stereocenters. The highest BCUT2D eigenvalue weighted by molar-refractivity contribution is 7.80. The van der Waals surface area contributed by atoms with Crippen LogP contribution >= 0.6 is 11.6 Å². The van der Waals surface area contributed by atoms with Crippen molar-refractivity contribution in [1.29, 1.82) is 0 Å². The Morgan fingerprint density at radius 3 is 2.27 bits per heavy atom. The number of likely N-dealkylation sites (tertiary alicyclic amines) is 1. The Bertz CT molecular complexity index is 742. The molecule has 0 spiro atoms. The van der Waals surface area contributed by atoms with Gasteiger partial charge in [0.05, 0.1) is 11.9 Å². The predicted molar refractivity (Wildman–Crippen MR) is 94.0 cm³/mol. The highest BCUT2D eigenvalue weighted by atomic mass is 35.5. The van der Waals surface area contributed by atoms with E-state index in [-0.39, 0.29) is 43.5 Å². The van der Waals surface area contributed by atoms with Gasteiger partial charge in [0.2, 0.25) is 0 Å².